The summed E-state index contributed by atoms with van der Waals surface area (Å²) in [5.74, 6) is -0.154. The Kier molecular flexibility index (Phi) is 5.05. The lowest BCUT2D eigenvalue weighted by molar-refractivity contribution is 0.0952. The van der Waals surface area contributed by atoms with E-state index < -0.39 is 0 Å². The number of anilines is 1. The summed E-state index contributed by atoms with van der Waals surface area (Å²) in [6.45, 7) is 4.09. The number of benzene rings is 1. The zero-order chi connectivity index (χ0) is 13.7. The van der Waals surface area contributed by atoms with Gasteiger partial charge in [0.15, 0.2) is 0 Å². The molecule has 1 saturated heterocycles. The first-order valence-electron chi connectivity index (χ1n) is 6.72. The van der Waals surface area contributed by atoms with Crippen LogP contribution in [0.1, 0.15) is 29.6 Å². The van der Waals surface area contributed by atoms with Crippen molar-refractivity contribution >= 4 is 23.2 Å². The summed E-state index contributed by atoms with van der Waals surface area (Å²) in [5.41, 5.74) is 6.65. The number of carbonyl (C=O) groups is 1. The highest BCUT2D eigenvalue weighted by Crippen LogP contribution is 2.18. The van der Waals surface area contributed by atoms with Crippen molar-refractivity contribution in [2.45, 2.75) is 19.3 Å². The average molecular weight is 282 g/mol. The van der Waals surface area contributed by atoms with Gasteiger partial charge in [-0.25, -0.2) is 0 Å². The zero-order valence-corrected chi connectivity index (χ0v) is 11.7. The maximum absolute atomic E-state index is 11.9. The van der Waals surface area contributed by atoms with Gasteiger partial charge in [-0.3, -0.25) is 4.79 Å². The number of nitrogen functional groups attached to an aromatic ring is 1. The molecule has 0 atom stereocenters. The maximum atomic E-state index is 11.9. The molecule has 1 aliphatic rings. The van der Waals surface area contributed by atoms with Crippen LogP contribution >= 0.6 is 11.6 Å². The van der Waals surface area contributed by atoms with E-state index in [0.29, 0.717) is 22.8 Å². The first-order chi connectivity index (χ1) is 9.16. The monoisotopic (exact) mass is 281 g/mol. The molecule has 1 aromatic rings. The predicted molar refractivity (Wildman–Crippen MR) is 78.5 cm³/mol. The Morgan fingerprint density at radius 1 is 1.37 bits per heavy atom. The molecule has 104 valence electrons. The fraction of sp³-hybridized carbons (Fsp3) is 0.500. The second-order valence-corrected chi connectivity index (χ2v) is 5.30. The molecule has 1 heterocycles. The molecule has 0 spiro atoms. The molecular formula is C14H20ClN3O. The molecule has 0 unspecified atom stereocenters. The van der Waals surface area contributed by atoms with E-state index in [2.05, 4.69) is 10.2 Å². The van der Waals surface area contributed by atoms with Crippen LogP contribution < -0.4 is 11.1 Å². The normalized spacial score (nSPS) is 15.6. The largest absolute Gasteiger partial charge is 0.399 e. The van der Waals surface area contributed by atoms with Gasteiger partial charge in [-0.05, 0) is 57.1 Å². The Balaban J connectivity index is 1.75. The number of rotatable bonds is 5. The Hall–Kier alpha value is -1.26. The van der Waals surface area contributed by atoms with Crippen LogP contribution in [0.15, 0.2) is 18.2 Å². The fourth-order valence-corrected chi connectivity index (χ4v) is 2.53. The van der Waals surface area contributed by atoms with Crippen molar-refractivity contribution in [2.75, 3.05) is 31.9 Å². The van der Waals surface area contributed by atoms with Gasteiger partial charge in [0.25, 0.3) is 5.91 Å². The van der Waals surface area contributed by atoms with Crippen molar-refractivity contribution < 1.29 is 4.79 Å². The summed E-state index contributed by atoms with van der Waals surface area (Å²) in [7, 11) is 0. The molecule has 2 rings (SSSR count). The number of likely N-dealkylation sites (tertiary alicyclic amines) is 1. The third-order valence-electron chi connectivity index (χ3n) is 3.37. The number of nitrogens with zero attached hydrogens (tertiary/aromatic N) is 1. The molecule has 0 saturated carbocycles. The lowest BCUT2D eigenvalue weighted by atomic mass is 10.2. The fourth-order valence-electron chi connectivity index (χ4n) is 2.32. The van der Waals surface area contributed by atoms with E-state index in [1.807, 2.05) is 0 Å². The minimum Gasteiger partial charge on any atom is -0.399 e. The highest BCUT2D eigenvalue weighted by molar-refractivity contribution is 6.34. The molecule has 3 N–H and O–H groups in total. The molecule has 1 aliphatic heterocycles. The maximum Gasteiger partial charge on any atom is 0.252 e. The molecule has 5 heteroatoms. The number of amides is 1. The summed E-state index contributed by atoms with van der Waals surface area (Å²) in [4.78, 5) is 14.4. The Morgan fingerprint density at radius 2 is 2.11 bits per heavy atom. The van der Waals surface area contributed by atoms with E-state index in [1.54, 1.807) is 18.2 Å². The third kappa shape index (κ3) is 4.11. The minimum absolute atomic E-state index is 0.154. The number of hydrogen-bond acceptors (Lipinski definition) is 3. The summed E-state index contributed by atoms with van der Waals surface area (Å²) < 4.78 is 0. The smallest absolute Gasteiger partial charge is 0.252 e. The second kappa shape index (κ2) is 6.78. The Bertz CT molecular complexity index is 444. The topological polar surface area (TPSA) is 58.4 Å². The quantitative estimate of drug-likeness (QED) is 0.642. The third-order valence-corrected chi connectivity index (χ3v) is 3.70. The van der Waals surface area contributed by atoms with Gasteiger partial charge in [0.1, 0.15) is 0 Å². The van der Waals surface area contributed by atoms with Crippen LogP contribution in [0.3, 0.4) is 0 Å². The summed E-state index contributed by atoms with van der Waals surface area (Å²) in [5, 5.41) is 3.32. The molecule has 1 fully saturated rings. The van der Waals surface area contributed by atoms with E-state index in [-0.39, 0.29) is 5.91 Å². The van der Waals surface area contributed by atoms with E-state index in [0.717, 1.165) is 13.0 Å². The SMILES string of the molecule is Nc1ccc(Cl)c(C(=O)NCCCN2CCCC2)c1. The second-order valence-electron chi connectivity index (χ2n) is 4.90. The molecule has 0 aliphatic carbocycles. The average Bonchev–Trinajstić information content (AvgIpc) is 2.90. The summed E-state index contributed by atoms with van der Waals surface area (Å²) in [6.07, 6.45) is 3.56. The lowest BCUT2D eigenvalue weighted by Crippen LogP contribution is -2.28. The van der Waals surface area contributed by atoms with Gasteiger partial charge in [-0.15, -0.1) is 0 Å². The van der Waals surface area contributed by atoms with Gasteiger partial charge < -0.3 is 16.0 Å². The molecule has 0 aromatic heterocycles. The van der Waals surface area contributed by atoms with Crippen LogP contribution in [0.5, 0.6) is 0 Å². The van der Waals surface area contributed by atoms with E-state index in [1.165, 1.54) is 25.9 Å². The number of halogens is 1. The Labute approximate surface area is 118 Å². The first kappa shape index (κ1) is 14.2. The van der Waals surface area contributed by atoms with Gasteiger partial charge in [0.05, 0.1) is 10.6 Å². The Morgan fingerprint density at radius 3 is 2.84 bits per heavy atom. The predicted octanol–water partition coefficient (Wildman–Crippen LogP) is 2.14. The highest BCUT2D eigenvalue weighted by atomic mass is 35.5. The molecular weight excluding hydrogens is 262 g/mol. The summed E-state index contributed by atoms with van der Waals surface area (Å²) in [6, 6.07) is 4.95. The molecule has 1 amide bonds. The number of nitrogens with one attached hydrogen (secondary N) is 1. The van der Waals surface area contributed by atoms with Gasteiger partial charge in [0, 0.05) is 12.2 Å². The van der Waals surface area contributed by atoms with E-state index in [9.17, 15) is 4.79 Å². The zero-order valence-electron chi connectivity index (χ0n) is 11.0. The highest BCUT2D eigenvalue weighted by Gasteiger charge is 2.12. The number of nitrogens with two attached hydrogens (primary N) is 1. The van der Waals surface area contributed by atoms with Crippen LogP contribution in [0.2, 0.25) is 5.02 Å². The van der Waals surface area contributed by atoms with E-state index in [4.69, 9.17) is 17.3 Å². The molecule has 0 bridgehead atoms. The molecule has 0 radical (unpaired) electrons. The van der Waals surface area contributed by atoms with Gasteiger partial charge in [0.2, 0.25) is 0 Å². The van der Waals surface area contributed by atoms with Crippen LogP contribution in [-0.2, 0) is 0 Å². The van der Waals surface area contributed by atoms with Crippen molar-refractivity contribution in [3.63, 3.8) is 0 Å². The first-order valence-corrected chi connectivity index (χ1v) is 7.10. The minimum atomic E-state index is -0.154. The van der Waals surface area contributed by atoms with Crippen LogP contribution in [0, 0.1) is 0 Å². The van der Waals surface area contributed by atoms with Gasteiger partial charge >= 0.3 is 0 Å². The van der Waals surface area contributed by atoms with Crippen molar-refractivity contribution in [3.05, 3.63) is 28.8 Å². The van der Waals surface area contributed by atoms with Crippen molar-refractivity contribution in [1.29, 1.82) is 0 Å². The summed E-state index contributed by atoms with van der Waals surface area (Å²) >= 11 is 5.98. The molecule has 1 aromatic carbocycles. The van der Waals surface area contributed by atoms with Crippen LogP contribution in [0.4, 0.5) is 5.69 Å². The van der Waals surface area contributed by atoms with Crippen molar-refractivity contribution in [3.8, 4) is 0 Å². The molecule has 4 nitrogen and oxygen atoms in total. The van der Waals surface area contributed by atoms with Crippen molar-refractivity contribution in [2.24, 2.45) is 0 Å². The standard InChI is InChI=1S/C14H20ClN3O/c15-13-5-4-11(16)10-12(13)14(19)17-6-3-9-18-7-1-2-8-18/h4-5,10H,1-3,6-9,16H2,(H,17,19). The van der Waals surface area contributed by atoms with Crippen molar-refractivity contribution in [1.82, 2.24) is 10.2 Å². The van der Waals surface area contributed by atoms with Crippen LogP contribution in [-0.4, -0.2) is 37.0 Å². The number of carbonyl (C=O) groups excluding carboxylic acids is 1. The van der Waals surface area contributed by atoms with Gasteiger partial charge in [-0.2, -0.15) is 0 Å². The lowest BCUT2D eigenvalue weighted by Gasteiger charge is -2.14. The van der Waals surface area contributed by atoms with Crippen LogP contribution in [0.25, 0.3) is 0 Å². The van der Waals surface area contributed by atoms with Gasteiger partial charge in [-0.1, -0.05) is 11.6 Å². The van der Waals surface area contributed by atoms with E-state index >= 15 is 0 Å². The molecule has 19 heavy (non-hydrogen) atoms. The number of hydrogen-bond donors (Lipinski definition) is 2.